The minimum absolute atomic E-state index is 0.0730. The highest BCUT2D eigenvalue weighted by Crippen LogP contribution is 2.40. The number of dihydropyridines is 1. The lowest BCUT2D eigenvalue weighted by molar-refractivity contribution is -0.384. The summed E-state index contributed by atoms with van der Waals surface area (Å²) in [7, 11) is 1.22. The van der Waals surface area contributed by atoms with E-state index in [0.717, 1.165) is 0 Å². The number of rotatable bonds is 8. The molecule has 1 aliphatic rings. The first-order valence-electron chi connectivity index (χ1n) is 10.8. The molecule has 0 saturated carbocycles. The Morgan fingerprint density at radius 1 is 1.03 bits per heavy atom. The number of carbonyl (C=O) groups is 3. The largest absolute Gasteiger partial charge is 0.466 e. The highest BCUT2D eigenvalue weighted by atomic mass is 16.6. The van der Waals surface area contributed by atoms with Gasteiger partial charge in [0.2, 0.25) is 0 Å². The highest BCUT2D eigenvalue weighted by Gasteiger charge is 2.38. The molecule has 9 heteroatoms. The maximum absolute atomic E-state index is 13.1. The first-order chi connectivity index (χ1) is 16.8. The summed E-state index contributed by atoms with van der Waals surface area (Å²) >= 11 is 0. The van der Waals surface area contributed by atoms with E-state index in [-0.39, 0.29) is 34.9 Å². The molecule has 35 heavy (non-hydrogen) atoms. The molecule has 1 aliphatic heterocycles. The van der Waals surface area contributed by atoms with Crippen LogP contribution in [0.15, 0.2) is 89.3 Å². The third-order valence-electron chi connectivity index (χ3n) is 5.39. The Morgan fingerprint density at radius 2 is 1.69 bits per heavy atom. The zero-order chi connectivity index (χ0) is 25.5. The molecule has 0 spiro atoms. The van der Waals surface area contributed by atoms with Crippen LogP contribution in [0.1, 0.15) is 35.7 Å². The molecule has 0 aliphatic carbocycles. The van der Waals surface area contributed by atoms with Crippen LogP contribution in [0.4, 0.5) is 5.69 Å². The Hall–Kier alpha value is -4.53. The molecule has 0 radical (unpaired) electrons. The number of hydrogen-bond donors (Lipinski definition) is 1. The van der Waals surface area contributed by atoms with E-state index in [9.17, 15) is 24.5 Å². The van der Waals surface area contributed by atoms with Crippen LogP contribution in [0.2, 0.25) is 0 Å². The summed E-state index contributed by atoms with van der Waals surface area (Å²) in [5, 5.41) is 14.1. The van der Waals surface area contributed by atoms with Crippen molar-refractivity contribution in [3.05, 3.63) is 111 Å². The Labute approximate surface area is 201 Å². The standard InChI is InChI=1S/C26H24N2O7/c1-4-35-26(31)24-20(14-15-21(29)17-8-6-5-7-9-17)27-16(2)22(25(30)34-3)23(24)18-10-12-19(13-11-18)28(32)33/h5-15,23,27H,4H2,1-3H3. The zero-order valence-corrected chi connectivity index (χ0v) is 19.4. The van der Waals surface area contributed by atoms with Crippen LogP contribution < -0.4 is 5.32 Å². The molecule has 3 rings (SSSR count). The number of non-ortho nitro benzene ring substituents is 1. The Bertz CT molecular complexity index is 1240. The number of esters is 2. The van der Waals surface area contributed by atoms with E-state index < -0.39 is 22.8 Å². The van der Waals surface area contributed by atoms with Crippen molar-refractivity contribution in [2.45, 2.75) is 19.8 Å². The fraction of sp³-hybridized carbons (Fsp3) is 0.192. The number of nitrogens with zero attached hydrogens (tertiary/aromatic N) is 1. The molecular weight excluding hydrogens is 452 g/mol. The van der Waals surface area contributed by atoms with Gasteiger partial charge in [-0.3, -0.25) is 14.9 Å². The van der Waals surface area contributed by atoms with Crippen LogP contribution in [0.3, 0.4) is 0 Å². The van der Waals surface area contributed by atoms with E-state index in [1.807, 2.05) is 0 Å². The minimum atomic E-state index is -0.949. The van der Waals surface area contributed by atoms with Crippen molar-refractivity contribution >= 4 is 23.4 Å². The van der Waals surface area contributed by atoms with Crippen molar-refractivity contribution < 1.29 is 28.8 Å². The van der Waals surface area contributed by atoms with Gasteiger partial charge in [-0.1, -0.05) is 42.5 Å². The smallest absolute Gasteiger partial charge is 0.337 e. The van der Waals surface area contributed by atoms with Gasteiger partial charge >= 0.3 is 11.9 Å². The maximum Gasteiger partial charge on any atom is 0.337 e. The van der Waals surface area contributed by atoms with Gasteiger partial charge in [-0.25, -0.2) is 9.59 Å². The second-order valence-corrected chi connectivity index (χ2v) is 7.55. The van der Waals surface area contributed by atoms with Gasteiger partial charge in [-0.2, -0.15) is 0 Å². The molecule has 2 aromatic rings. The number of carbonyl (C=O) groups excluding carboxylic acids is 3. The molecule has 180 valence electrons. The van der Waals surface area contributed by atoms with E-state index in [0.29, 0.717) is 16.8 Å². The van der Waals surface area contributed by atoms with Crippen molar-refractivity contribution in [3.63, 3.8) is 0 Å². The first-order valence-corrected chi connectivity index (χ1v) is 10.8. The van der Waals surface area contributed by atoms with Crippen LogP contribution in [0, 0.1) is 10.1 Å². The van der Waals surface area contributed by atoms with E-state index >= 15 is 0 Å². The lowest BCUT2D eigenvalue weighted by Gasteiger charge is -2.30. The van der Waals surface area contributed by atoms with Gasteiger partial charge in [-0.05, 0) is 31.6 Å². The quantitative estimate of drug-likeness (QED) is 0.199. The molecule has 1 atom stereocenters. The van der Waals surface area contributed by atoms with Gasteiger partial charge in [0.1, 0.15) is 0 Å². The van der Waals surface area contributed by atoms with Crippen LogP contribution in [0.5, 0.6) is 0 Å². The van der Waals surface area contributed by atoms with Gasteiger partial charge in [0.25, 0.3) is 5.69 Å². The summed E-state index contributed by atoms with van der Waals surface area (Å²) in [4.78, 5) is 49.1. The van der Waals surface area contributed by atoms with E-state index in [4.69, 9.17) is 9.47 Å². The fourth-order valence-electron chi connectivity index (χ4n) is 3.78. The molecule has 0 bridgehead atoms. The average Bonchev–Trinajstić information content (AvgIpc) is 2.87. The van der Waals surface area contributed by atoms with Crippen LogP contribution in [-0.4, -0.2) is 36.4 Å². The molecule has 1 unspecified atom stereocenters. The molecule has 0 saturated heterocycles. The molecular formula is C26H24N2O7. The number of nitrogens with one attached hydrogen (secondary N) is 1. The molecule has 0 amide bonds. The second kappa shape index (κ2) is 11.1. The topological polar surface area (TPSA) is 125 Å². The van der Waals surface area contributed by atoms with Crippen molar-refractivity contribution in [2.75, 3.05) is 13.7 Å². The monoisotopic (exact) mass is 476 g/mol. The lowest BCUT2D eigenvalue weighted by atomic mass is 9.80. The fourth-order valence-corrected chi connectivity index (χ4v) is 3.78. The number of methoxy groups -OCH3 is 1. The van der Waals surface area contributed by atoms with Crippen molar-refractivity contribution in [1.29, 1.82) is 0 Å². The Morgan fingerprint density at radius 3 is 2.26 bits per heavy atom. The maximum atomic E-state index is 13.1. The minimum Gasteiger partial charge on any atom is -0.466 e. The molecule has 0 fully saturated rings. The summed E-state index contributed by atoms with van der Waals surface area (Å²) in [5.74, 6) is -2.61. The molecule has 0 aromatic heterocycles. The summed E-state index contributed by atoms with van der Waals surface area (Å²) in [5.41, 5.74) is 1.66. The number of allylic oxidation sites excluding steroid dienone is 3. The summed E-state index contributed by atoms with van der Waals surface area (Å²) in [6.07, 6.45) is 2.78. The zero-order valence-electron chi connectivity index (χ0n) is 19.4. The van der Waals surface area contributed by atoms with Crippen LogP contribution >= 0.6 is 0 Å². The predicted molar refractivity (Wildman–Crippen MR) is 127 cm³/mol. The van der Waals surface area contributed by atoms with E-state index in [2.05, 4.69) is 5.32 Å². The number of nitro benzene ring substituents is 1. The van der Waals surface area contributed by atoms with E-state index in [1.165, 1.54) is 43.5 Å². The van der Waals surface area contributed by atoms with Crippen LogP contribution in [0.25, 0.3) is 0 Å². The van der Waals surface area contributed by atoms with Gasteiger partial charge in [0.05, 0.1) is 35.7 Å². The molecule has 1 N–H and O–H groups in total. The number of hydrogen-bond acceptors (Lipinski definition) is 8. The number of ether oxygens (including phenoxy) is 2. The highest BCUT2D eigenvalue weighted by molar-refractivity contribution is 6.05. The molecule has 9 nitrogen and oxygen atoms in total. The van der Waals surface area contributed by atoms with Crippen LogP contribution in [-0.2, 0) is 19.1 Å². The summed E-state index contributed by atoms with van der Waals surface area (Å²) < 4.78 is 10.2. The lowest BCUT2D eigenvalue weighted by Crippen LogP contribution is -2.32. The molecule has 2 aromatic carbocycles. The number of ketones is 1. The summed E-state index contributed by atoms with van der Waals surface area (Å²) in [6, 6.07) is 14.1. The second-order valence-electron chi connectivity index (χ2n) is 7.55. The Kier molecular flexibility index (Phi) is 7.93. The van der Waals surface area contributed by atoms with Gasteiger partial charge in [0.15, 0.2) is 5.78 Å². The number of benzene rings is 2. The summed E-state index contributed by atoms with van der Waals surface area (Å²) in [6.45, 7) is 3.36. The number of nitro groups is 1. The first kappa shape index (κ1) is 25.1. The third-order valence-corrected chi connectivity index (χ3v) is 5.39. The van der Waals surface area contributed by atoms with Gasteiger partial charge < -0.3 is 14.8 Å². The molecule has 1 heterocycles. The normalized spacial score (nSPS) is 15.6. The van der Waals surface area contributed by atoms with Gasteiger partial charge in [-0.15, -0.1) is 0 Å². The van der Waals surface area contributed by atoms with Crippen molar-refractivity contribution in [3.8, 4) is 0 Å². The average molecular weight is 476 g/mol. The SMILES string of the molecule is CCOC(=O)C1=C(C=CC(=O)c2ccccc2)NC(C)=C(C(=O)OC)C1c1ccc([N+](=O)[O-])cc1. The van der Waals surface area contributed by atoms with E-state index in [1.54, 1.807) is 44.2 Å². The third kappa shape index (κ3) is 5.52. The Balaban J connectivity index is 2.18. The predicted octanol–water partition coefficient (Wildman–Crippen LogP) is 3.98. The van der Waals surface area contributed by atoms with Crippen molar-refractivity contribution in [1.82, 2.24) is 5.32 Å². The van der Waals surface area contributed by atoms with Crippen molar-refractivity contribution in [2.24, 2.45) is 0 Å². The van der Waals surface area contributed by atoms with Gasteiger partial charge in [0, 0.05) is 29.1 Å².